The van der Waals surface area contributed by atoms with Crippen LogP contribution >= 0.6 is 11.6 Å². The molecule has 0 fully saturated rings. The molecule has 63 valence electrons. The van der Waals surface area contributed by atoms with Gasteiger partial charge in [-0.05, 0) is 19.1 Å². The molecule has 1 amide bonds. The number of alkyl halides is 1. The summed E-state index contributed by atoms with van der Waals surface area (Å²) < 4.78 is 0. The number of carbonyl (C=O) groups excluding carboxylic acids is 1. The van der Waals surface area contributed by atoms with Crippen LogP contribution < -0.4 is 5.32 Å². The van der Waals surface area contributed by atoms with Gasteiger partial charge in [0.25, 0.3) is 5.91 Å². The first-order valence-electron chi connectivity index (χ1n) is 3.53. The largest absolute Gasteiger partial charge is 0.336 e. The summed E-state index contributed by atoms with van der Waals surface area (Å²) in [7, 11) is 0. The summed E-state index contributed by atoms with van der Waals surface area (Å²) in [6.07, 6.45) is 0. The van der Waals surface area contributed by atoms with E-state index in [2.05, 4.69) is 12.2 Å². The summed E-state index contributed by atoms with van der Waals surface area (Å²) in [5.74, 6) is -0.203. The topological polar surface area (TPSA) is 29.1 Å². The molecule has 0 saturated heterocycles. The first-order valence-corrected chi connectivity index (χ1v) is 3.97. The number of carbonyl (C=O) groups is 1. The van der Waals surface area contributed by atoms with E-state index in [1.54, 1.807) is 24.3 Å². The number of amides is 1. The molecule has 1 rings (SSSR count). The lowest BCUT2D eigenvalue weighted by atomic mass is 10.2. The van der Waals surface area contributed by atoms with E-state index in [-0.39, 0.29) is 5.91 Å². The Bertz CT molecular complexity index is 258. The Balaban J connectivity index is 2.66. The van der Waals surface area contributed by atoms with Crippen molar-refractivity contribution < 1.29 is 4.79 Å². The highest BCUT2D eigenvalue weighted by Crippen LogP contribution is 1.99. The number of hydrogen-bond donors (Lipinski definition) is 1. The van der Waals surface area contributed by atoms with Gasteiger partial charge < -0.3 is 5.32 Å². The molecule has 1 N–H and O–H groups in total. The van der Waals surface area contributed by atoms with E-state index in [1.165, 1.54) is 0 Å². The second kappa shape index (κ2) is 4.12. The summed E-state index contributed by atoms with van der Waals surface area (Å²) >= 11 is 5.48. The average molecular weight is 183 g/mol. The zero-order chi connectivity index (χ0) is 8.97. The van der Waals surface area contributed by atoms with Gasteiger partial charge in [-0.1, -0.05) is 29.8 Å². The van der Waals surface area contributed by atoms with Gasteiger partial charge in [0, 0.05) is 5.56 Å². The van der Waals surface area contributed by atoms with Gasteiger partial charge in [0.2, 0.25) is 0 Å². The first-order chi connectivity index (χ1) is 5.70. The standard InChI is InChI=1S/C9H9ClNO/c1-7(10)11-9(12)8-5-3-2-4-6-8/h2-7H,1H2,(H,11,12). The van der Waals surface area contributed by atoms with Crippen LogP contribution in [0.2, 0.25) is 0 Å². The highest BCUT2D eigenvalue weighted by molar-refractivity contribution is 6.22. The number of nitrogens with one attached hydrogen (secondary N) is 1. The number of rotatable bonds is 2. The third-order valence-corrected chi connectivity index (χ3v) is 1.43. The molecular formula is C9H9ClNO. The van der Waals surface area contributed by atoms with Crippen LogP contribution in [0.1, 0.15) is 10.4 Å². The lowest BCUT2D eigenvalue weighted by Gasteiger charge is -2.05. The van der Waals surface area contributed by atoms with E-state index >= 15 is 0 Å². The van der Waals surface area contributed by atoms with Crippen molar-refractivity contribution in [1.29, 1.82) is 0 Å². The molecule has 12 heavy (non-hydrogen) atoms. The smallest absolute Gasteiger partial charge is 0.252 e. The summed E-state index contributed by atoms with van der Waals surface area (Å²) in [6, 6.07) is 8.87. The minimum atomic E-state index is -0.585. The molecule has 0 spiro atoms. The van der Waals surface area contributed by atoms with Gasteiger partial charge in [0.1, 0.15) is 5.50 Å². The lowest BCUT2D eigenvalue weighted by Crippen LogP contribution is -2.28. The Morgan fingerprint density at radius 3 is 2.50 bits per heavy atom. The first kappa shape index (κ1) is 9.07. The zero-order valence-electron chi connectivity index (χ0n) is 6.46. The quantitative estimate of drug-likeness (QED) is 0.549. The molecular weight excluding hydrogens is 174 g/mol. The fourth-order valence-electron chi connectivity index (χ4n) is 0.815. The Labute approximate surface area is 76.5 Å². The van der Waals surface area contributed by atoms with Gasteiger partial charge in [0.15, 0.2) is 0 Å². The predicted octanol–water partition coefficient (Wildman–Crippen LogP) is 1.82. The molecule has 0 aliphatic heterocycles. The van der Waals surface area contributed by atoms with Gasteiger partial charge in [-0.3, -0.25) is 4.79 Å². The highest BCUT2D eigenvalue weighted by Gasteiger charge is 2.05. The van der Waals surface area contributed by atoms with E-state index in [4.69, 9.17) is 11.6 Å². The van der Waals surface area contributed by atoms with Crippen LogP contribution in [0.5, 0.6) is 0 Å². The Morgan fingerprint density at radius 1 is 1.42 bits per heavy atom. The van der Waals surface area contributed by atoms with E-state index < -0.39 is 5.50 Å². The molecule has 1 radical (unpaired) electrons. The van der Waals surface area contributed by atoms with Crippen molar-refractivity contribution >= 4 is 17.5 Å². The normalized spacial score (nSPS) is 12.2. The predicted molar refractivity (Wildman–Crippen MR) is 48.9 cm³/mol. The second-order valence-electron chi connectivity index (χ2n) is 2.31. The van der Waals surface area contributed by atoms with Gasteiger partial charge in [0.05, 0.1) is 0 Å². The maximum Gasteiger partial charge on any atom is 0.252 e. The fraction of sp³-hybridized carbons (Fsp3) is 0.111. The van der Waals surface area contributed by atoms with Gasteiger partial charge in [-0.2, -0.15) is 0 Å². The minimum absolute atomic E-state index is 0.203. The molecule has 0 bridgehead atoms. The molecule has 3 heteroatoms. The number of benzene rings is 1. The van der Waals surface area contributed by atoms with E-state index in [0.717, 1.165) is 0 Å². The van der Waals surface area contributed by atoms with E-state index in [0.29, 0.717) is 5.56 Å². The number of hydrogen-bond acceptors (Lipinski definition) is 1. The van der Waals surface area contributed by atoms with Crippen LogP contribution in [-0.2, 0) is 0 Å². The summed E-state index contributed by atoms with van der Waals surface area (Å²) in [5.41, 5.74) is 0.00417. The maximum atomic E-state index is 11.2. The average Bonchev–Trinajstić information content (AvgIpc) is 2.05. The van der Waals surface area contributed by atoms with Crippen molar-refractivity contribution in [3.8, 4) is 0 Å². The highest BCUT2D eigenvalue weighted by atomic mass is 35.5. The van der Waals surface area contributed by atoms with Crippen LogP contribution in [0.3, 0.4) is 0 Å². The molecule has 0 aliphatic carbocycles. The van der Waals surface area contributed by atoms with Crippen LogP contribution in [0.25, 0.3) is 0 Å². The van der Waals surface area contributed by atoms with Crippen molar-refractivity contribution in [1.82, 2.24) is 5.32 Å². The molecule has 1 unspecified atom stereocenters. The summed E-state index contributed by atoms with van der Waals surface area (Å²) in [4.78, 5) is 11.2. The van der Waals surface area contributed by atoms with Crippen LogP contribution in [0, 0.1) is 6.92 Å². The lowest BCUT2D eigenvalue weighted by molar-refractivity contribution is 0.0953. The van der Waals surface area contributed by atoms with Crippen LogP contribution in [-0.4, -0.2) is 11.4 Å². The second-order valence-corrected chi connectivity index (χ2v) is 2.83. The molecule has 0 heterocycles. The van der Waals surface area contributed by atoms with Crippen LogP contribution in [0.4, 0.5) is 0 Å². The molecule has 0 aliphatic rings. The van der Waals surface area contributed by atoms with Gasteiger partial charge in [-0.25, -0.2) is 0 Å². The van der Waals surface area contributed by atoms with Gasteiger partial charge >= 0.3 is 0 Å². The SMILES string of the molecule is [CH2]C(Cl)NC(=O)c1ccccc1. The van der Waals surface area contributed by atoms with Crippen molar-refractivity contribution in [2.45, 2.75) is 5.50 Å². The third-order valence-electron chi connectivity index (χ3n) is 1.32. The Hall–Kier alpha value is -1.02. The molecule has 0 saturated carbocycles. The molecule has 0 aromatic heterocycles. The summed E-state index contributed by atoms with van der Waals surface area (Å²) in [6.45, 7) is 3.44. The van der Waals surface area contributed by atoms with E-state index in [9.17, 15) is 4.79 Å². The minimum Gasteiger partial charge on any atom is -0.336 e. The Morgan fingerprint density at radius 2 is 2.00 bits per heavy atom. The Kier molecular flexibility index (Phi) is 3.11. The molecule has 1 atom stereocenters. The van der Waals surface area contributed by atoms with E-state index in [1.807, 2.05) is 6.07 Å². The van der Waals surface area contributed by atoms with Gasteiger partial charge in [-0.15, -0.1) is 0 Å². The van der Waals surface area contributed by atoms with Crippen molar-refractivity contribution in [2.24, 2.45) is 0 Å². The zero-order valence-corrected chi connectivity index (χ0v) is 7.21. The van der Waals surface area contributed by atoms with Crippen molar-refractivity contribution in [3.05, 3.63) is 42.8 Å². The molecule has 2 nitrogen and oxygen atoms in total. The molecule has 1 aromatic carbocycles. The maximum absolute atomic E-state index is 11.2. The third kappa shape index (κ3) is 2.55. The number of halogens is 1. The van der Waals surface area contributed by atoms with Crippen molar-refractivity contribution in [3.63, 3.8) is 0 Å². The van der Waals surface area contributed by atoms with Crippen LogP contribution in [0.15, 0.2) is 30.3 Å². The fourth-order valence-corrected chi connectivity index (χ4v) is 0.914. The summed E-state index contributed by atoms with van der Waals surface area (Å²) in [5, 5.41) is 2.47. The van der Waals surface area contributed by atoms with Crippen molar-refractivity contribution in [2.75, 3.05) is 0 Å². The monoisotopic (exact) mass is 182 g/mol. The molecule has 1 aromatic rings.